The molecule has 1 aromatic carbocycles. The van der Waals surface area contributed by atoms with Gasteiger partial charge >= 0.3 is 0 Å². The number of aromatic nitrogens is 3. The summed E-state index contributed by atoms with van der Waals surface area (Å²) in [5.74, 6) is 2.06. The number of piperidine rings is 1. The molecule has 5 heteroatoms. The molecule has 0 atom stereocenters. The zero-order valence-corrected chi connectivity index (χ0v) is 14.0. The van der Waals surface area contributed by atoms with Gasteiger partial charge in [0.2, 0.25) is 11.8 Å². The molecule has 0 radical (unpaired) electrons. The Labute approximate surface area is 141 Å². The van der Waals surface area contributed by atoms with Crippen LogP contribution < -0.4 is 0 Å². The first-order valence-corrected chi connectivity index (χ1v) is 8.70. The first-order chi connectivity index (χ1) is 11.8. The highest BCUT2D eigenvalue weighted by Gasteiger charge is 2.23. The molecule has 5 nitrogen and oxygen atoms in total. The van der Waals surface area contributed by atoms with Crippen LogP contribution in [0.15, 0.2) is 40.9 Å². The van der Waals surface area contributed by atoms with Crippen molar-refractivity contribution in [2.24, 2.45) is 0 Å². The third-order valence-corrected chi connectivity index (χ3v) is 4.88. The number of likely N-dealkylation sites (tertiary alicyclic amines) is 1. The Balaban J connectivity index is 1.44. The Bertz CT molecular complexity index is 816. The van der Waals surface area contributed by atoms with Crippen molar-refractivity contribution in [1.29, 1.82) is 0 Å². The van der Waals surface area contributed by atoms with Crippen LogP contribution >= 0.6 is 0 Å². The zero-order valence-electron chi connectivity index (χ0n) is 14.0. The topological polar surface area (TPSA) is 55.1 Å². The number of benzene rings is 1. The predicted octanol–water partition coefficient (Wildman–Crippen LogP) is 3.56. The maximum atomic E-state index is 5.63. The number of pyridine rings is 1. The van der Waals surface area contributed by atoms with Gasteiger partial charge in [0, 0.05) is 18.0 Å². The van der Waals surface area contributed by atoms with Crippen LogP contribution in [0, 0.1) is 0 Å². The summed E-state index contributed by atoms with van der Waals surface area (Å²) in [6, 6.07) is 10.6. The Morgan fingerprint density at radius 2 is 1.88 bits per heavy atom. The highest BCUT2D eigenvalue weighted by Crippen LogP contribution is 2.32. The van der Waals surface area contributed by atoms with E-state index >= 15 is 0 Å². The predicted molar refractivity (Wildman–Crippen MR) is 92.7 cm³/mol. The largest absolute Gasteiger partial charge is 0.424 e. The molecule has 1 aliphatic rings. The van der Waals surface area contributed by atoms with Crippen LogP contribution in [0.5, 0.6) is 0 Å². The van der Waals surface area contributed by atoms with E-state index in [0.29, 0.717) is 5.92 Å². The monoisotopic (exact) mass is 322 g/mol. The van der Waals surface area contributed by atoms with Crippen LogP contribution in [0.25, 0.3) is 10.9 Å². The lowest BCUT2D eigenvalue weighted by molar-refractivity contribution is 0.187. The van der Waals surface area contributed by atoms with Gasteiger partial charge in [0.1, 0.15) is 0 Å². The second kappa shape index (κ2) is 6.69. The summed E-state index contributed by atoms with van der Waals surface area (Å²) in [5, 5.41) is 9.47. The molecule has 0 aliphatic carbocycles. The smallest absolute Gasteiger partial charge is 0.230 e. The van der Waals surface area contributed by atoms with Gasteiger partial charge in [-0.3, -0.25) is 9.88 Å². The number of hydrogen-bond acceptors (Lipinski definition) is 5. The summed E-state index contributed by atoms with van der Waals surface area (Å²) in [7, 11) is 0. The quantitative estimate of drug-likeness (QED) is 0.735. The standard InChI is InChI=1S/C19H22N4O/c1-2-18-21-22-19(24-18)13-23-11-8-14(9-12-23)15-7-10-20-17-6-4-3-5-16(15)17/h3-7,10,14H,2,8-9,11-13H2,1H3. The Morgan fingerprint density at radius 1 is 1.08 bits per heavy atom. The number of nitrogens with zero attached hydrogens (tertiary/aromatic N) is 4. The third kappa shape index (κ3) is 3.04. The van der Waals surface area contributed by atoms with Crippen molar-refractivity contribution in [2.75, 3.05) is 13.1 Å². The molecule has 3 aromatic rings. The molecule has 0 unspecified atom stereocenters. The van der Waals surface area contributed by atoms with Gasteiger partial charge in [-0.25, -0.2) is 0 Å². The molecule has 0 N–H and O–H groups in total. The van der Waals surface area contributed by atoms with Crippen molar-refractivity contribution >= 4 is 10.9 Å². The van der Waals surface area contributed by atoms with E-state index in [1.54, 1.807) is 0 Å². The number of aryl methyl sites for hydroxylation is 1. The fraction of sp³-hybridized carbons (Fsp3) is 0.421. The molecule has 0 saturated carbocycles. The van der Waals surface area contributed by atoms with Gasteiger partial charge in [0.05, 0.1) is 12.1 Å². The molecular weight excluding hydrogens is 300 g/mol. The minimum atomic E-state index is 0.600. The Kier molecular flexibility index (Phi) is 4.26. The maximum absolute atomic E-state index is 5.63. The van der Waals surface area contributed by atoms with Crippen LogP contribution in [0.3, 0.4) is 0 Å². The fourth-order valence-electron chi connectivity index (χ4n) is 3.56. The molecule has 124 valence electrons. The lowest BCUT2D eigenvalue weighted by Gasteiger charge is -2.31. The van der Waals surface area contributed by atoms with Crippen molar-refractivity contribution in [3.05, 3.63) is 53.9 Å². The lowest BCUT2D eigenvalue weighted by atomic mass is 9.87. The van der Waals surface area contributed by atoms with Gasteiger partial charge in [-0.2, -0.15) is 0 Å². The second-order valence-electron chi connectivity index (χ2n) is 6.41. The lowest BCUT2D eigenvalue weighted by Crippen LogP contribution is -2.32. The molecular formula is C19H22N4O. The number of rotatable bonds is 4. The average Bonchev–Trinajstić information content (AvgIpc) is 3.09. The fourth-order valence-corrected chi connectivity index (χ4v) is 3.56. The first kappa shape index (κ1) is 15.3. The van der Waals surface area contributed by atoms with Crippen molar-refractivity contribution < 1.29 is 4.42 Å². The number of hydrogen-bond donors (Lipinski definition) is 0. The van der Waals surface area contributed by atoms with Crippen LogP contribution in [-0.2, 0) is 13.0 Å². The van der Waals surface area contributed by atoms with Crippen molar-refractivity contribution in [2.45, 2.75) is 38.6 Å². The molecule has 1 saturated heterocycles. The molecule has 24 heavy (non-hydrogen) atoms. The molecule has 0 bridgehead atoms. The minimum Gasteiger partial charge on any atom is -0.424 e. The third-order valence-electron chi connectivity index (χ3n) is 4.88. The Hall–Kier alpha value is -2.27. The van der Waals surface area contributed by atoms with Crippen molar-refractivity contribution in [3.63, 3.8) is 0 Å². The van der Waals surface area contributed by atoms with Gasteiger partial charge in [-0.1, -0.05) is 25.1 Å². The summed E-state index contributed by atoms with van der Waals surface area (Å²) < 4.78 is 5.63. The van der Waals surface area contributed by atoms with E-state index in [4.69, 9.17) is 4.42 Å². The average molecular weight is 322 g/mol. The molecule has 4 rings (SSSR count). The van der Waals surface area contributed by atoms with E-state index in [1.807, 2.05) is 13.1 Å². The summed E-state index contributed by atoms with van der Waals surface area (Å²) in [6.45, 7) is 4.91. The highest BCUT2D eigenvalue weighted by molar-refractivity contribution is 5.82. The number of fused-ring (bicyclic) bond motifs is 1. The molecule has 0 amide bonds. The summed E-state index contributed by atoms with van der Waals surface area (Å²) >= 11 is 0. The Morgan fingerprint density at radius 3 is 2.67 bits per heavy atom. The number of para-hydroxylation sites is 1. The summed E-state index contributed by atoms with van der Waals surface area (Å²) in [6.07, 6.45) is 5.05. The van der Waals surface area contributed by atoms with E-state index in [1.165, 1.54) is 10.9 Å². The van der Waals surface area contributed by atoms with Gasteiger partial charge < -0.3 is 4.42 Å². The first-order valence-electron chi connectivity index (χ1n) is 8.70. The van der Waals surface area contributed by atoms with Gasteiger partial charge in [-0.15, -0.1) is 10.2 Å². The SMILES string of the molecule is CCc1nnc(CN2CCC(c3ccnc4ccccc34)CC2)o1. The van der Waals surface area contributed by atoms with E-state index < -0.39 is 0 Å². The normalized spacial score (nSPS) is 16.7. The van der Waals surface area contributed by atoms with Crippen molar-refractivity contribution in [1.82, 2.24) is 20.1 Å². The van der Waals surface area contributed by atoms with Crippen LogP contribution in [0.2, 0.25) is 0 Å². The van der Waals surface area contributed by atoms with E-state index in [9.17, 15) is 0 Å². The minimum absolute atomic E-state index is 0.600. The van der Waals surface area contributed by atoms with E-state index in [0.717, 1.165) is 56.2 Å². The second-order valence-corrected chi connectivity index (χ2v) is 6.41. The highest BCUT2D eigenvalue weighted by atomic mass is 16.4. The van der Waals surface area contributed by atoms with Gasteiger partial charge in [-0.05, 0) is 49.5 Å². The molecule has 1 fully saturated rings. The van der Waals surface area contributed by atoms with Crippen LogP contribution in [0.4, 0.5) is 0 Å². The van der Waals surface area contributed by atoms with Gasteiger partial charge in [0.15, 0.2) is 0 Å². The molecule has 3 heterocycles. The van der Waals surface area contributed by atoms with Crippen molar-refractivity contribution in [3.8, 4) is 0 Å². The van der Waals surface area contributed by atoms with Crippen LogP contribution in [-0.4, -0.2) is 33.2 Å². The van der Waals surface area contributed by atoms with E-state index in [2.05, 4.69) is 50.4 Å². The molecule has 1 aliphatic heterocycles. The zero-order chi connectivity index (χ0) is 16.4. The van der Waals surface area contributed by atoms with Crippen LogP contribution in [0.1, 0.15) is 43.0 Å². The van der Waals surface area contributed by atoms with Gasteiger partial charge in [0.25, 0.3) is 0 Å². The molecule has 0 spiro atoms. The summed E-state index contributed by atoms with van der Waals surface area (Å²) in [4.78, 5) is 6.89. The van der Waals surface area contributed by atoms with E-state index in [-0.39, 0.29) is 0 Å². The summed E-state index contributed by atoms with van der Waals surface area (Å²) in [5.41, 5.74) is 2.53. The molecule has 2 aromatic heterocycles. The maximum Gasteiger partial charge on any atom is 0.230 e.